The van der Waals surface area contributed by atoms with E-state index in [0.717, 1.165) is 39.8 Å². The lowest BCUT2D eigenvalue weighted by Crippen LogP contribution is -2.35. The summed E-state index contributed by atoms with van der Waals surface area (Å²) in [6.45, 7) is 3.15. The number of nitrogens with zero attached hydrogens (tertiary/aromatic N) is 2. The molecule has 4 N–H and O–H groups in total. The summed E-state index contributed by atoms with van der Waals surface area (Å²) in [5.74, 6) is 1.28. The van der Waals surface area contributed by atoms with Crippen molar-refractivity contribution in [3.63, 3.8) is 0 Å². The summed E-state index contributed by atoms with van der Waals surface area (Å²) in [4.78, 5) is 20.8. The molecule has 2 aromatic carbocycles. The quantitative estimate of drug-likeness (QED) is 0.197. The third-order valence-electron chi connectivity index (χ3n) is 7.38. The summed E-state index contributed by atoms with van der Waals surface area (Å²) in [5, 5.41) is 7.33. The van der Waals surface area contributed by atoms with Crippen LogP contribution in [0, 0.1) is 0 Å². The van der Waals surface area contributed by atoms with E-state index in [4.69, 9.17) is 43.4 Å². The lowest BCUT2D eigenvalue weighted by molar-refractivity contribution is -0.119. The number of hydrogen-bond donors (Lipinski definition) is 3. The molecule has 0 radical (unpaired) electrons. The van der Waals surface area contributed by atoms with Gasteiger partial charge in [-0.3, -0.25) is 9.78 Å². The normalized spacial score (nSPS) is 15.4. The Morgan fingerprint density at radius 1 is 1.05 bits per heavy atom. The van der Waals surface area contributed by atoms with Gasteiger partial charge in [0.15, 0.2) is 0 Å². The van der Waals surface area contributed by atoms with Gasteiger partial charge in [-0.25, -0.2) is 4.98 Å². The van der Waals surface area contributed by atoms with Gasteiger partial charge >= 0.3 is 0 Å². The van der Waals surface area contributed by atoms with Crippen LogP contribution in [-0.4, -0.2) is 42.7 Å². The molecule has 8 nitrogen and oxygen atoms in total. The van der Waals surface area contributed by atoms with E-state index in [0.29, 0.717) is 52.6 Å². The van der Waals surface area contributed by atoms with Gasteiger partial charge in [-0.1, -0.05) is 59.6 Å². The van der Waals surface area contributed by atoms with Gasteiger partial charge in [-0.05, 0) is 31.5 Å². The SMILES string of the molecule is COc1cc(-c2nccc(-c3cccc(-c4ccc(CNC[C@@H]5CCC(=O)N5)c(OC)n4)c3Cl)c2Cl)ccc1[C@@H](C)N. The number of halogens is 2. The second-order valence-corrected chi connectivity index (χ2v) is 11.0. The largest absolute Gasteiger partial charge is 0.496 e. The number of nitrogens with one attached hydrogen (secondary N) is 2. The zero-order valence-corrected chi connectivity index (χ0v) is 25.2. The zero-order chi connectivity index (χ0) is 29.8. The third kappa shape index (κ3) is 6.22. The summed E-state index contributed by atoms with van der Waals surface area (Å²) in [6.07, 6.45) is 3.13. The number of pyridine rings is 2. The number of methoxy groups -OCH3 is 2. The van der Waals surface area contributed by atoms with Gasteiger partial charge in [0, 0.05) is 71.2 Å². The zero-order valence-electron chi connectivity index (χ0n) is 23.7. The van der Waals surface area contributed by atoms with Crippen LogP contribution in [-0.2, 0) is 11.3 Å². The summed E-state index contributed by atoms with van der Waals surface area (Å²) in [6, 6.07) is 17.2. The van der Waals surface area contributed by atoms with E-state index in [1.54, 1.807) is 20.4 Å². The molecule has 0 aliphatic carbocycles. The molecule has 2 atom stereocenters. The molecule has 1 aliphatic heterocycles. The Morgan fingerprint density at radius 2 is 1.83 bits per heavy atom. The first kappa shape index (κ1) is 29.8. The predicted molar refractivity (Wildman–Crippen MR) is 167 cm³/mol. The standard InChI is InChI=1S/C32H33Cl2N5O3/c1-18(35)22-10-7-19(15-27(22)41-2)31-30(34)24(13-14-37-31)23-5-4-6-25(29(23)33)26-11-8-20(32(39-26)42-3)16-36-17-21-9-12-28(40)38-21/h4-8,10-11,13-15,18,21,36H,9,12,16-17,35H2,1-3H3,(H,38,40)/t18-,21+/m1/s1. The van der Waals surface area contributed by atoms with Crippen molar-refractivity contribution in [2.45, 2.75) is 38.4 Å². The molecule has 1 amide bonds. The molecule has 0 spiro atoms. The smallest absolute Gasteiger partial charge is 0.220 e. The predicted octanol–water partition coefficient (Wildman–Crippen LogP) is 6.19. The van der Waals surface area contributed by atoms with E-state index < -0.39 is 0 Å². The molecule has 0 bridgehead atoms. The fourth-order valence-corrected chi connectivity index (χ4v) is 5.81. The fourth-order valence-electron chi connectivity index (χ4n) is 5.17. The molecule has 1 saturated heterocycles. The van der Waals surface area contributed by atoms with Crippen molar-refractivity contribution < 1.29 is 14.3 Å². The van der Waals surface area contributed by atoms with Crippen molar-refractivity contribution in [1.82, 2.24) is 20.6 Å². The van der Waals surface area contributed by atoms with Gasteiger partial charge in [0.25, 0.3) is 0 Å². The second-order valence-electron chi connectivity index (χ2n) is 10.2. The molecule has 0 saturated carbocycles. The second kappa shape index (κ2) is 13.1. The average molecular weight is 607 g/mol. The minimum absolute atomic E-state index is 0.102. The number of aromatic nitrogens is 2. The van der Waals surface area contributed by atoms with E-state index in [1.165, 1.54) is 0 Å². The topological polar surface area (TPSA) is 111 Å². The lowest BCUT2D eigenvalue weighted by Gasteiger charge is -2.16. The van der Waals surface area contributed by atoms with Crippen LogP contribution in [0.2, 0.25) is 10.0 Å². The number of ether oxygens (including phenoxy) is 2. The van der Waals surface area contributed by atoms with Crippen molar-refractivity contribution in [1.29, 1.82) is 0 Å². The molecule has 3 heterocycles. The van der Waals surface area contributed by atoms with Crippen LogP contribution < -0.4 is 25.8 Å². The van der Waals surface area contributed by atoms with Gasteiger partial charge in [0.2, 0.25) is 11.8 Å². The highest BCUT2D eigenvalue weighted by atomic mass is 35.5. The van der Waals surface area contributed by atoms with Crippen molar-refractivity contribution in [2.75, 3.05) is 20.8 Å². The van der Waals surface area contributed by atoms with E-state index in [1.807, 2.05) is 61.5 Å². The summed E-state index contributed by atoms with van der Waals surface area (Å²) < 4.78 is 11.2. The maximum absolute atomic E-state index is 11.5. The number of carbonyl (C=O) groups excluding carboxylic acids is 1. The van der Waals surface area contributed by atoms with Gasteiger partial charge in [-0.15, -0.1) is 0 Å². The number of carbonyl (C=O) groups is 1. The molecular formula is C32H33Cl2N5O3. The van der Waals surface area contributed by atoms with Gasteiger partial charge < -0.3 is 25.8 Å². The van der Waals surface area contributed by atoms with E-state index in [9.17, 15) is 4.79 Å². The van der Waals surface area contributed by atoms with Crippen LogP contribution in [0.3, 0.4) is 0 Å². The number of benzene rings is 2. The van der Waals surface area contributed by atoms with Crippen LogP contribution in [0.4, 0.5) is 0 Å². The summed E-state index contributed by atoms with van der Waals surface area (Å²) in [5.41, 5.74) is 12.2. The van der Waals surface area contributed by atoms with Gasteiger partial charge in [0.1, 0.15) is 5.75 Å². The first-order valence-corrected chi connectivity index (χ1v) is 14.5. The highest BCUT2D eigenvalue weighted by Crippen LogP contribution is 2.42. The molecule has 10 heteroatoms. The minimum Gasteiger partial charge on any atom is -0.496 e. The first-order chi connectivity index (χ1) is 20.3. The highest BCUT2D eigenvalue weighted by molar-refractivity contribution is 6.39. The molecule has 218 valence electrons. The minimum atomic E-state index is -0.177. The molecule has 1 fully saturated rings. The Labute approximate surface area is 255 Å². The average Bonchev–Trinajstić information content (AvgIpc) is 3.42. The van der Waals surface area contributed by atoms with E-state index in [-0.39, 0.29) is 18.0 Å². The van der Waals surface area contributed by atoms with Crippen LogP contribution >= 0.6 is 23.2 Å². The molecule has 0 unspecified atom stereocenters. The maximum Gasteiger partial charge on any atom is 0.220 e. The molecule has 1 aliphatic rings. The first-order valence-electron chi connectivity index (χ1n) is 13.7. The monoisotopic (exact) mass is 605 g/mol. The molecule has 2 aromatic heterocycles. The fraction of sp³-hybridized carbons (Fsp3) is 0.281. The Hall–Kier alpha value is -3.69. The number of amides is 1. The molecule has 42 heavy (non-hydrogen) atoms. The number of hydrogen-bond acceptors (Lipinski definition) is 7. The van der Waals surface area contributed by atoms with Crippen LogP contribution in [0.1, 0.15) is 36.9 Å². The van der Waals surface area contributed by atoms with E-state index in [2.05, 4.69) is 15.6 Å². The number of rotatable bonds is 10. The lowest BCUT2D eigenvalue weighted by atomic mass is 9.98. The molecule has 4 aromatic rings. The third-order valence-corrected chi connectivity index (χ3v) is 8.16. The van der Waals surface area contributed by atoms with Gasteiger partial charge in [-0.2, -0.15) is 0 Å². The Morgan fingerprint density at radius 3 is 2.55 bits per heavy atom. The summed E-state index contributed by atoms with van der Waals surface area (Å²) >= 11 is 14.0. The van der Waals surface area contributed by atoms with Crippen LogP contribution in [0.5, 0.6) is 11.6 Å². The molecular weight excluding hydrogens is 573 g/mol. The summed E-state index contributed by atoms with van der Waals surface area (Å²) in [7, 11) is 3.21. The van der Waals surface area contributed by atoms with Crippen molar-refractivity contribution in [3.8, 4) is 45.3 Å². The highest BCUT2D eigenvalue weighted by Gasteiger charge is 2.21. The maximum atomic E-state index is 11.5. The van der Waals surface area contributed by atoms with Crippen molar-refractivity contribution in [3.05, 3.63) is 82.0 Å². The van der Waals surface area contributed by atoms with E-state index >= 15 is 0 Å². The van der Waals surface area contributed by atoms with Crippen molar-refractivity contribution >= 4 is 29.1 Å². The molecule has 5 rings (SSSR count). The van der Waals surface area contributed by atoms with Crippen LogP contribution in [0.15, 0.2) is 60.8 Å². The Kier molecular flexibility index (Phi) is 9.28. The number of nitrogens with two attached hydrogens (primary N) is 1. The Balaban J connectivity index is 1.43. The Bertz CT molecular complexity index is 1610. The van der Waals surface area contributed by atoms with Gasteiger partial charge in [0.05, 0.1) is 35.7 Å². The van der Waals surface area contributed by atoms with Crippen LogP contribution in [0.25, 0.3) is 33.6 Å². The van der Waals surface area contributed by atoms with Crippen molar-refractivity contribution in [2.24, 2.45) is 5.73 Å².